The van der Waals surface area contributed by atoms with Crippen molar-refractivity contribution in [2.75, 3.05) is 6.26 Å². The number of alkyl halides is 2. The summed E-state index contributed by atoms with van der Waals surface area (Å²) in [7, 11) is -3.94. The molecule has 0 atom stereocenters. The van der Waals surface area contributed by atoms with E-state index in [1.165, 1.54) is 18.2 Å². The number of benzene rings is 1. The number of carbonyl (C=O) groups is 1. The molecule has 0 fully saturated rings. The topological polar surface area (TPSA) is 102 Å². The minimum atomic E-state index is -3.94. The summed E-state index contributed by atoms with van der Waals surface area (Å²) in [6.45, 7) is -0.129. The molecule has 1 aromatic carbocycles. The molecule has 0 saturated carbocycles. The second kappa shape index (κ2) is 5.79. The van der Waals surface area contributed by atoms with Gasteiger partial charge in [-0.25, -0.2) is 22.0 Å². The van der Waals surface area contributed by atoms with Crippen molar-refractivity contribution < 1.29 is 27.1 Å². The van der Waals surface area contributed by atoms with Crippen LogP contribution in [0.1, 0.15) is 28.0 Å². The van der Waals surface area contributed by atoms with Crippen LogP contribution in [0.15, 0.2) is 29.3 Å². The molecule has 0 bridgehead atoms. The third kappa shape index (κ3) is 3.45. The van der Waals surface area contributed by atoms with E-state index in [1.54, 1.807) is 6.07 Å². The highest BCUT2D eigenvalue weighted by atomic mass is 32.2. The lowest BCUT2D eigenvalue weighted by Gasteiger charge is -2.01. The summed E-state index contributed by atoms with van der Waals surface area (Å²) >= 11 is 0. The molecule has 22 heavy (non-hydrogen) atoms. The zero-order valence-electron chi connectivity index (χ0n) is 11.3. The van der Waals surface area contributed by atoms with Crippen LogP contribution >= 0.6 is 0 Å². The number of carboxylic acids is 1. The summed E-state index contributed by atoms with van der Waals surface area (Å²) in [6, 6.07) is 5.73. The number of hydrogen-bond donors (Lipinski definition) is 1. The molecule has 10 heteroatoms. The fourth-order valence-corrected chi connectivity index (χ4v) is 2.54. The fourth-order valence-electron chi connectivity index (χ4n) is 1.78. The Hall–Kier alpha value is -2.36. The molecule has 1 aromatic heterocycles. The van der Waals surface area contributed by atoms with E-state index in [2.05, 4.69) is 10.2 Å². The van der Waals surface area contributed by atoms with Gasteiger partial charge in [0, 0.05) is 6.26 Å². The smallest absolute Gasteiger partial charge is 0.335 e. The van der Waals surface area contributed by atoms with Crippen LogP contribution in [0.25, 0.3) is 0 Å². The SMILES string of the molecule is CS(=O)(=O)c1nn(Cc2cccc(C(=O)O)c2)nc1C(F)F. The average molecular weight is 331 g/mol. The van der Waals surface area contributed by atoms with E-state index >= 15 is 0 Å². The van der Waals surface area contributed by atoms with E-state index in [0.717, 1.165) is 11.1 Å². The first-order valence-electron chi connectivity index (χ1n) is 5.94. The van der Waals surface area contributed by atoms with E-state index in [9.17, 15) is 22.0 Å². The molecule has 0 radical (unpaired) electrons. The number of aromatic nitrogens is 3. The lowest BCUT2D eigenvalue weighted by atomic mass is 10.1. The van der Waals surface area contributed by atoms with Gasteiger partial charge in [-0.1, -0.05) is 12.1 Å². The van der Waals surface area contributed by atoms with Crippen LogP contribution in [-0.2, 0) is 16.4 Å². The highest BCUT2D eigenvalue weighted by molar-refractivity contribution is 7.90. The van der Waals surface area contributed by atoms with Crippen molar-refractivity contribution in [2.24, 2.45) is 0 Å². The van der Waals surface area contributed by atoms with Gasteiger partial charge in [0.05, 0.1) is 12.1 Å². The van der Waals surface area contributed by atoms with Gasteiger partial charge >= 0.3 is 5.97 Å². The zero-order valence-corrected chi connectivity index (χ0v) is 12.1. The van der Waals surface area contributed by atoms with Gasteiger partial charge in [0.2, 0.25) is 5.03 Å². The predicted octanol–water partition coefficient (Wildman–Crippen LogP) is 1.37. The average Bonchev–Trinajstić information content (AvgIpc) is 2.83. The lowest BCUT2D eigenvalue weighted by molar-refractivity contribution is 0.0696. The first kappa shape index (κ1) is 16.0. The first-order chi connectivity index (χ1) is 10.2. The van der Waals surface area contributed by atoms with E-state index in [0.29, 0.717) is 5.56 Å². The van der Waals surface area contributed by atoms with E-state index in [4.69, 9.17) is 5.11 Å². The molecule has 0 spiro atoms. The van der Waals surface area contributed by atoms with Crippen LogP contribution in [0.4, 0.5) is 8.78 Å². The van der Waals surface area contributed by atoms with Crippen molar-refractivity contribution in [3.05, 3.63) is 41.1 Å². The monoisotopic (exact) mass is 331 g/mol. The highest BCUT2D eigenvalue weighted by Gasteiger charge is 2.26. The minimum Gasteiger partial charge on any atom is -0.478 e. The number of carboxylic acid groups (broad SMARTS) is 1. The van der Waals surface area contributed by atoms with Crippen molar-refractivity contribution in [1.29, 1.82) is 0 Å². The van der Waals surface area contributed by atoms with Gasteiger partial charge in [-0.15, -0.1) is 5.10 Å². The quantitative estimate of drug-likeness (QED) is 0.887. The molecular formula is C12H11F2N3O4S. The third-order valence-corrected chi connectivity index (χ3v) is 3.70. The molecule has 2 rings (SSSR count). The van der Waals surface area contributed by atoms with E-state index < -0.39 is 33.0 Å². The maximum Gasteiger partial charge on any atom is 0.335 e. The molecule has 1 heterocycles. The van der Waals surface area contributed by atoms with Crippen LogP contribution in [0.3, 0.4) is 0 Å². The summed E-state index contributed by atoms with van der Waals surface area (Å²) in [5, 5.41) is 15.1. The van der Waals surface area contributed by atoms with Gasteiger partial charge in [0.15, 0.2) is 15.5 Å². The Morgan fingerprint density at radius 3 is 2.55 bits per heavy atom. The fraction of sp³-hybridized carbons (Fsp3) is 0.250. The van der Waals surface area contributed by atoms with Crippen molar-refractivity contribution in [1.82, 2.24) is 15.0 Å². The molecule has 0 amide bonds. The Balaban J connectivity index is 2.39. The van der Waals surface area contributed by atoms with Gasteiger partial charge in [-0.2, -0.15) is 9.90 Å². The first-order valence-corrected chi connectivity index (χ1v) is 7.83. The van der Waals surface area contributed by atoms with E-state index in [1.807, 2.05) is 0 Å². The normalized spacial score (nSPS) is 11.8. The van der Waals surface area contributed by atoms with Crippen molar-refractivity contribution in [2.45, 2.75) is 18.0 Å². The number of hydrogen-bond acceptors (Lipinski definition) is 5. The van der Waals surface area contributed by atoms with Crippen LogP contribution < -0.4 is 0 Å². The predicted molar refractivity (Wildman–Crippen MR) is 70.6 cm³/mol. The minimum absolute atomic E-state index is 0.0158. The maximum atomic E-state index is 12.8. The lowest BCUT2D eigenvalue weighted by Crippen LogP contribution is -2.06. The molecule has 118 valence electrons. The van der Waals surface area contributed by atoms with E-state index in [-0.39, 0.29) is 12.1 Å². The van der Waals surface area contributed by atoms with Crippen LogP contribution in [0.2, 0.25) is 0 Å². The molecule has 7 nitrogen and oxygen atoms in total. The molecule has 0 saturated heterocycles. The van der Waals surface area contributed by atoms with Gasteiger partial charge in [0.1, 0.15) is 0 Å². The summed E-state index contributed by atoms with van der Waals surface area (Å²) in [5.74, 6) is -1.14. The van der Waals surface area contributed by atoms with Crippen molar-refractivity contribution >= 4 is 15.8 Å². The Labute approximate surface area is 124 Å². The molecule has 0 aliphatic rings. The van der Waals surface area contributed by atoms with Gasteiger partial charge in [-0.3, -0.25) is 0 Å². The number of aromatic carboxylic acids is 1. The molecule has 0 aliphatic heterocycles. The van der Waals surface area contributed by atoms with Crippen molar-refractivity contribution in [3.63, 3.8) is 0 Å². The third-order valence-electron chi connectivity index (χ3n) is 2.70. The summed E-state index contributed by atoms with van der Waals surface area (Å²) in [6.07, 6.45) is -2.32. The van der Waals surface area contributed by atoms with Gasteiger partial charge in [0.25, 0.3) is 6.43 Å². The van der Waals surface area contributed by atoms with Gasteiger partial charge in [-0.05, 0) is 17.7 Å². The molecule has 0 aliphatic carbocycles. The zero-order chi connectivity index (χ0) is 16.5. The number of nitrogens with zero attached hydrogens (tertiary/aromatic N) is 3. The second-order valence-corrected chi connectivity index (χ2v) is 6.43. The maximum absolute atomic E-state index is 12.8. The Kier molecular flexibility index (Phi) is 4.22. The molecule has 1 N–H and O–H groups in total. The Bertz CT molecular complexity index is 818. The Morgan fingerprint density at radius 1 is 1.36 bits per heavy atom. The van der Waals surface area contributed by atoms with Gasteiger partial charge < -0.3 is 5.11 Å². The van der Waals surface area contributed by atoms with Crippen LogP contribution in [0.5, 0.6) is 0 Å². The molecular weight excluding hydrogens is 320 g/mol. The molecule has 2 aromatic rings. The number of rotatable bonds is 5. The largest absolute Gasteiger partial charge is 0.478 e. The summed E-state index contributed by atoms with van der Waals surface area (Å²) in [4.78, 5) is 11.7. The van der Waals surface area contributed by atoms with Crippen molar-refractivity contribution in [3.8, 4) is 0 Å². The summed E-state index contributed by atoms with van der Waals surface area (Å²) in [5.41, 5.74) is -0.463. The Morgan fingerprint density at radius 2 is 2.05 bits per heavy atom. The number of halogens is 2. The second-order valence-electron chi connectivity index (χ2n) is 4.50. The molecule has 0 unspecified atom stereocenters. The highest BCUT2D eigenvalue weighted by Crippen LogP contribution is 2.23. The van der Waals surface area contributed by atoms with Crippen LogP contribution in [-0.4, -0.2) is 40.7 Å². The standard InChI is InChI=1S/C12H11F2N3O4S/c1-22(20,21)11-9(10(13)14)15-17(16-11)6-7-3-2-4-8(5-7)12(18)19/h2-5,10H,6H2,1H3,(H,18,19). The summed E-state index contributed by atoms with van der Waals surface area (Å²) < 4.78 is 48.5. The van der Waals surface area contributed by atoms with Crippen LogP contribution in [0, 0.1) is 0 Å². The number of sulfone groups is 1.